The smallest absolute Gasteiger partial charge is 0.410 e. The zero-order valence-corrected chi connectivity index (χ0v) is 16.4. The molecule has 6 nitrogen and oxygen atoms in total. The Morgan fingerprint density at radius 2 is 1.96 bits per heavy atom. The minimum atomic E-state index is -0.915. The molecule has 1 atom stereocenters. The standard InChI is InChI=1S/C20H30N2O4/c1-14(2)17-13-22(19(25)26-20(3,4)5)10-9-21(17)12-15-7-6-8-16(11-15)18(23)24/h6-8,11,14,17H,9-10,12-13H2,1-5H3,(H,23,24)/t17-/m0/s1. The highest BCUT2D eigenvalue weighted by Crippen LogP contribution is 2.22. The van der Waals surface area contributed by atoms with Crippen molar-refractivity contribution in [3.8, 4) is 0 Å². The summed E-state index contributed by atoms with van der Waals surface area (Å²) in [7, 11) is 0. The van der Waals surface area contributed by atoms with Gasteiger partial charge in [-0.05, 0) is 44.4 Å². The summed E-state index contributed by atoms with van der Waals surface area (Å²) in [6.45, 7) is 12.5. The lowest BCUT2D eigenvalue weighted by atomic mass is 9.98. The first-order valence-electron chi connectivity index (χ1n) is 9.11. The van der Waals surface area contributed by atoms with Crippen LogP contribution in [0.2, 0.25) is 0 Å². The molecule has 1 aliphatic rings. The molecule has 1 N–H and O–H groups in total. The molecule has 0 saturated carbocycles. The lowest BCUT2D eigenvalue weighted by Gasteiger charge is -2.43. The first-order valence-corrected chi connectivity index (χ1v) is 9.11. The number of rotatable bonds is 4. The summed E-state index contributed by atoms with van der Waals surface area (Å²) in [5.74, 6) is -0.551. The van der Waals surface area contributed by atoms with E-state index < -0.39 is 11.6 Å². The van der Waals surface area contributed by atoms with Gasteiger partial charge in [0.05, 0.1) is 5.56 Å². The number of amides is 1. The Kier molecular flexibility index (Phi) is 6.29. The van der Waals surface area contributed by atoms with Crippen LogP contribution >= 0.6 is 0 Å². The van der Waals surface area contributed by atoms with Crippen molar-refractivity contribution in [2.75, 3.05) is 19.6 Å². The minimum absolute atomic E-state index is 0.199. The molecule has 0 aromatic heterocycles. The van der Waals surface area contributed by atoms with Gasteiger partial charge < -0.3 is 14.7 Å². The molecule has 1 aromatic carbocycles. The largest absolute Gasteiger partial charge is 0.478 e. The molecule has 0 spiro atoms. The number of carbonyl (C=O) groups excluding carboxylic acids is 1. The molecular formula is C20H30N2O4. The third-order valence-electron chi connectivity index (χ3n) is 4.51. The van der Waals surface area contributed by atoms with E-state index in [9.17, 15) is 14.7 Å². The fraction of sp³-hybridized carbons (Fsp3) is 0.600. The van der Waals surface area contributed by atoms with Crippen molar-refractivity contribution < 1.29 is 19.4 Å². The van der Waals surface area contributed by atoms with Gasteiger partial charge >= 0.3 is 12.1 Å². The number of piperazine rings is 1. The second kappa shape index (κ2) is 8.08. The molecule has 26 heavy (non-hydrogen) atoms. The van der Waals surface area contributed by atoms with E-state index in [1.54, 1.807) is 23.1 Å². The van der Waals surface area contributed by atoms with Crippen LogP contribution in [-0.2, 0) is 11.3 Å². The Bertz CT molecular complexity index is 651. The lowest BCUT2D eigenvalue weighted by Crippen LogP contribution is -2.56. The van der Waals surface area contributed by atoms with Crippen molar-refractivity contribution in [3.63, 3.8) is 0 Å². The molecule has 1 aliphatic heterocycles. The third kappa shape index (κ3) is 5.46. The molecule has 1 amide bonds. The summed E-state index contributed by atoms with van der Waals surface area (Å²) in [5.41, 5.74) is 0.774. The van der Waals surface area contributed by atoms with E-state index in [1.807, 2.05) is 26.8 Å². The van der Waals surface area contributed by atoms with Crippen molar-refractivity contribution in [1.29, 1.82) is 0 Å². The Morgan fingerprint density at radius 3 is 2.54 bits per heavy atom. The van der Waals surface area contributed by atoms with E-state index in [0.717, 1.165) is 12.1 Å². The summed E-state index contributed by atoms with van der Waals surface area (Å²) >= 11 is 0. The quantitative estimate of drug-likeness (QED) is 0.888. The third-order valence-corrected chi connectivity index (χ3v) is 4.51. The molecule has 1 fully saturated rings. The summed E-state index contributed by atoms with van der Waals surface area (Å²) in [5, 5.41) is 9.17. The number of hydrogen-bond donors (Lipinski definition) is 1. The normalized spacial score (nSPS) is 18.8. The van der Waals surface area contributed by atoms with Gasteiger partial charge in [-0.2, -0.15) is 0 Å². The van der Waals surface area contributed by atoms with Crippen LogP contribution in [0.1, 0.15) is 50.5 Å². The van der Waals surface area contributed by atoms with Gasteiger partial charge in [0.2, 0.25) is 0 Å². The maximum atomic E-state index is 12.4. The predicted molar refractivity (Wildman–Crippen MR) is 100 cm³/mol. The predicted octanol–water partition coefficient (Wildman–Crippen LogP) is 3.46. The zero-order valence-electron chi connectivity index (χ0n) is 16.4. The van der Waals surface area contributed by atoms with Gasteiger partial charge in [0.25, 0.3) is 0 Å². The van der Waals surface area contributed by atoms with E-state index in [0.29, 0.717) is 31.1 Å². The fourth-order valence-corrected chi connectivity index (χ4v) is 3.21. The first-order chi connectivity index (χ1) is 12.1. The maximum Gasteiger partial charge on any atom is 0.410 e. The van der Waals surface area contributed by atoms with Gasteiger partial charge in [-0.1, -0.05) is 26.0 Å². The first kappa shape index (κ1) is 20.2. The molecule has 1 heterocycles. The van der Waals surface area contributed by atoms with Crippen molar-refractivity contribution in [1.82, 2.24) is 9.80 Å². The highest BCUT2D eigenvalue weighted by molar-refractivity contribution is 5.87. The number of ether oxygens (including phenoxy) is 1. The second-order valence-electron chi connectivity index (χ2n) is 8.21. The monoisotopic (exact) mass is 362 g/mol. The number of nitrogens with zero attached hydrogens (tertiary/aromatic N) is 2. The molecule has 1 aromatic rings. The number of carboxylic acids is 1. The van der Waals surface area contributed by atoms with Crippen molar-refractivity contribution in [2.24, 2.45) is 5.92 Å². The van der Waals surface area contributed by atoms with Crippen LogP contribution in [0.15, 0.2) is 24.3 Å². The van der Waals surface area contributed by atoms with E-state index in [2.05, 4.69) is 18.7 Å². The molecule has 6 heteroatoms. The van der Waals surface area contributed by atoms with Crippen LogP contribution in [-0.4, -0.2) is 58.2 Å². The Balaban J connectivity index is 2.08. The van der Waals surface area contributed by atoms with Crippen LogP contribution in [0, 0.1) is 5.92 Å². The number of aromatic carboxylic acids is 1. The summed E-state index contributed by atoms with van der Waals surface area (Å²) in [4.78, 5) is 27.7. The van der Waals surface area contributed by atoms with Gasteiger partial charge in [-0.25, -0.2) is 9.59 Å². The molecule has 2 rings (SSSR count). The van der Waals surface area contributed by atoms with Crippen LogP contribution in [0.4, 0.5) is 4.79 Å². The van der Waals surface area contributed by atoms with Crippen molar-refractivity contribution >= 4 is 12.1 Å². The number of carboxylic acid groups (broad SMARTS) is 1. The van der Waals surface area contributed by atoms with Crippen LogP contribution in [0.25, 0.3) is 0 Å². The maximum absolute atomic E-state index is 12.4. The molecule has 0 unspecified atom stereocenters. The SMILES string of the molecule is CC(C)[C@@H]1CN(C(=O)OC(C)(C)C)CCN1Cc1cccc(C(=O)O)c1. The Hall–Kier alpha value is -2.08. The lowest BCUT2D eigenvalue weighted by molar-refractivity contribution is -0.00429. The second-order valence-corrected chi connectivity index (χ2v) is 8.21. The molecule has 0 aliphatic carbocycles. The molecule has 144 valence electrons. The van der Waals surface area contributed by atoms with Gasteiger partial charge in [0.15, 0.2) is 0 Å². The zero-order chi connectivity index (χ0) is 19.5. The van der Waals surface area contributed by atoms with E-state index in [1.165, 1.54) is 0 Å². The van der Waals surface area contributed by atoms with Gasteiger partial charge in [-0.15, -0.1) is 0 Å². The molecule has 0 radical (unpaired) electrons. The Morgan fingerprint density at radius 1 is 1.27 bits per heavy atom. The van der Waals surface area contributed by atoms with E-state index in [4.69, 9.17) is 4.74 Å². The van der Waals surface area contributed by atoms with Crippen LogP contribution < -0.4 is 0 Å². The van der Waals surface area contributed by atoms with Crippen molar-refractivity contribution in [3.05, 3.63) is 35.4 Å². The van der Waals surface area contributed by atoms with Crippen LogP contribution in [0.3, 0.4) is 0 Å². The van der Waals surface area contributed by atoms with Gasteiger partial charge in [0, 0.05) is 32.2 Å². The summed E-state index contributed by atoms with van der Waals surface area (Å²) < 4.78 is 5.50. The molecule has 0 bridgehead atoms. The number of benzene rings is 1. The van der Waals surface area contributed by atoms with Crippen molar-refractivity contribution in [2.45, 2.75) is 52.8 Å². The number of carbonyl (C=O) groups is 2. The van der Waals surface area contributed by atoms with E-state index >= 15 is 0 Å². The van der Waals surface area contributed by atoms with Gasteiger partial charge in [-0.3, -0.25) is 4.90 Å². The Labute approximate surface area is 155 Å². The van der Waals surface area contributed by atoms with E-state index in [-0.39, 0.29) is 12.1 Å². The van der Waals surface area contributed by atoms with Gasteiger partial charge in [0.1, 0.15) is 5.60 Å². The molecule has 1 saturated heterocycles. The minimum Gasteiger partial charge on any atom is -0.478 e. The number of hydrogen-bond acceptors (Lipinski definition) is 4. The average molecular weight is 362 g/mol. The topological polar surface area (TPSA) is 70.1 Å². The average Bonchev–Trinajstić information content (AvgIpc) is 2.53. The van der Waals surface area contributed by atoms with Crippen LogP contribution in [0.5, 0.6) is 0 Å². The highest BCUT2D eigenvalue weighted by Gasteiger charge is 2.33. The highest BCUT2D eigenvalue weighted by atomic mass is 16.6. The summed E-state index contributed by atoms with van der Waals surface area (Å²) in [6, 6.07) is 7.25. The fourth-order valence-electron chi connectivity index (χ4n) is 3.21. The molecular weight excluding hydrogens is 332 g/mol. The summed E-state index contributed by atoms with van der Waals surface area (Å²) in [6.07, 6.45) is -0.268.